The molecule has 0 saturated carbocycles. The second-order valence-electron chi connectivity index (χ2n) is 5.29. The van der Waals surface area contributed by atoms with Crippen molar-refractivity contribution in [1.29, 1.82) is 0 Å². The average molecular weight is 262 g/mol. The fourth-order valence-electron chi connectivity index (χ4n) is 2.35. The molecule has 2 N–H and O–H groups in total. The second kappa shape index (κ2) is 5.72. The summed E-state index contributed by atoms with van der Waals surface area (Å²) in [6.45, 7) is 6.64. The van der Waals surface area contributed by atoms with Crippen molar-refractivity contribution in [1.82, 2.24) is 9.78 Å². The van der Waals surface area contributed by atoms with Crippen LogP contribution in [0.3, 0.4) is 0 Å². The molecule has 0 fully saturated rings. The van der Waals surface area contributed by atoms with E-state index in [1.54, 1.807) is 0 Å². The van der Waals surface area contributed by atoms with Crippen LogP contribution in [0.1, 0.15) is 26.5 Å². The van der Waals surface area contributed by atoms with Crippen LogP contribution in [0, 0.1) is 5.92 Å². The van der Waals surface area contributed by atoms with E-state index in [-0.39, 0.29) is 5.92 Å². The summed E-state index contributed by atoms with van der Waals surface area (Å²) in [5, 5.41) is 25.6. The molecule has 2 aromatic rings. The summed E-state index contributed by atoms with van der Waals surface area (Å²) in [5.41, 5.74) is 1.93. The highest BCUT2D eigenvalue weighted by molar-refractivity contribution is 5.82. The summed E-state index contributed by atoms with van der Waals surface area (Å²) in [6.07, 6.45) is -1.11. The molecule has 0 aliphatic heterocycles. The molecule has 1 aromatic heterocycles. The Balaban J connectivity index is 2.30. The van der Waals surface area contributed by atoms with Crippen molar-refractivity contribution in [3.8, 4) is 0 Å². The van der Waals surface area contributed by atoms with E-state index < -0.39 is 12.2 Å². The number of fused-ring (bicyclic) bond motifs is 1. The van der Waals surface area contributed by atoms with E-state index in [0.29, 0.717) is 6.42 Å². The Morgan fingerprint density at radius 3 is 2.53 bits per heavy atom. The van der Waals surface area contributed by atoms with Crippen LogP contribution in [-0.4, -0.2) is 32.2 Å². The highest BCUT2D eigenvalue weighted by Crippen LogP contribution is 2.21. The van der Waals surface area contributed by atoms with E-state index >= 15 is 0 Å². The van der Waals surface area contributed by atoms with Crippen LogP contribution in [0.2, 0.25) is 0 Å². The summed E-state index contributed by atoms with van der Waals surface area (Å²) in [4.78, 5) is 0. The molecule has 2 rings (SSSR count). The maximum atomic E-state index is 10.1. The quantitative estimate of drug-likeness (QED) is 0.866. The smallest absolute Gasteiger partial charge is 0.0857 e. The zero-order chi connectivity index (χ0) is 14.0. The van der Waals surface area contributed by atoms with Crippen molar-refractivity contribution >= 4 is 10.9 Å². The Hall–Kier alpha value is -1.39. The van der Waals surface area contributed by atoms with Gasteiger partial charge in [0.15, 0.2) is 0 Å². The molecule has 104 valence electrons. The Kier molecular flexibility index (Phi) is 4.22. The number of aromatic nitrogens is 2. The van der Waals surface area contributed by atoms with Crippen molar-refractivity contribution in [2.45, 2.75) is 45.9 Å². The van der Waals surface area contributed by atoms with Crippen molar-refractivity contribution in [2.75, 3.05) is 0 Å². The van der Waals surface area contributed by atoms with Gasteiger partial charge in [-0.25, -0.2) is 0 Å². The maximum absolute atomic E-state index is 10.1. The third-order valence-corrected chi connectivity index (χ3v) is 3.51. The molecule has 1 heterocycles. The van der Waals surface area contributed by atoms with Crippen molar-refractivity contribution < 1.29 is 10.2 Å². The fourth-order valence-corrected chi connectivity index (χ4v) is 2.35. The summed E-state index contributed by atoms with van der Waals surface area (Å²) < 4.78 is 1.93. The molecule has 0 amide bonds. The van der Waals surface area contributed by atoms with Crippen LogP contribution in [-0.2, 0) is 13.0 Å². The van der Waals surface area contributed by atoms with Gasteiger partial charge in [-0.3, -0.25) is 4.68 Å². The standard InChI is InChI=1S/C15H22N2O2/c1-4-17-13-8-6-5-7-11(13)12(16-17)9-14(18)15(19)10(2)3/h5-8,10,14-15,18-19H,4,9H2,1-3H3. The van der Waals surface area contributed by atoms with Crippen molar-refractivity contribution in [3.63, 3.8) is 0 Å². The first-order chi connectivity index (χ1) is 9.04. The van der Waals surface area contributed by atoms with E-state index in [9.17, 15) is 10.2 Å². The van der Waals surface area contributed by atoms with Crippen LogP contribution in [0.15, 0.2) is 24.3 Å². The SMILES string of the molecule is CCn1nc(CC(O)C(O)C(C)C)c2ccccc21. The number of hydrogen-bond donors (Lipinski definition) is 2. The van der Waals surface area contributed by atoms with E-state index in [0.717, 1.165) is 23.1 Å². The lowest BCUT2D eigenvalue weighted by atomic mass is 9.98. The Bertz CT molecular complexity index is 548. The van der Waals surface area contributed by atoms with E-state index in [4.69, 9.17) is 0 Å². The molecule has 0 saturated heterocycles. The number of benzene rings is 1. The van der Waals surface area contributed by atoms with Crippen molar-refractivity contribution in [3.05, 3.63) is 30.0 Å². The van der Waals surface area contributed by atoms with Gasteiger partial charge >= 0.3 is 0 Å². The minimum atomic E-state index is -0.774. The summed E-state index contributed by atoms with van der Waals surface area (Å²) in [6, 6.07) is 8.00. The summed E-state index contributed by atoms with van der Waals surface area (Å²) in [5.74, 6) is 0.0366. The molecular formula is C15H22N2O2. The normalized spacial score (nSPS) is 15.1. The first kappa shape index (κ1) is 14.0. The molecule has 2 atom stereocenters. The lowest BCUT2D eigenvalue weighted by Gasteiger charge is -2.20. The molecular weight excluding hydrogens is 240 g/mol. The van der Waals surface area contributed by atoms with Crippen molar-refractivity contribution in [2.24, 2.45) is 5.92 Å². The second-order valence-corrected chi connectivity index (χ2v) is 5.29. The highest BCUT2D eigenvalue weighted by atomic mass is 16.3. The fraction of sp³-hybridized carbons (Fsp3) is 0.533. The molecule has 4 nitrogen and oxygen atoms in total. The van der Waals surface area contributed by atoms with E-state index in [1.807, 2.05) is 49.7 Å². The number of aryl methyl sites for hydroxylation is 1. The van der Waals surface area contributed by atoms with Crippen LogP contribution in [0.25, 0.3) is 10.9 Å². The number of aliphatic hydroxyl groups excluding tert-OH is 2. The van der Waals surface area contributed by atoms with Gasteiger partial charge in [-0.1, -0.05) is 32.0 Å². The third-order valence-electron chi connectivity index (χ3n) is 3.51. The Labute approximate surface area is 113 Å². The van der Waals surface area contributed by atoms with Crippen LogP contribution in [0.5, 0.6) is 0 Å². The van der Waals surface area contributed by atoms with E-state index in [1.165, 1.54) is 0 Å². The first-order valence-electron chi connectivity index (χ1n) is 6.85. The summed E-state index contributed by atoms with van der Waals surface area (Å²) in [7, 11) is 0. The Morgan fingerprint density at radius 1 is 1.21 bits per heavy atom. The lowest BCUT2D eigenvalue weighted by molar-refractivity contribution is -0.00769. The molecule has 4 heteroatoms. The molecule has 0 bridgehead atoms. The minimum Gasteiger partial charge on any atom is -0.390 e. The van der Waals surface area contributed by atoms with Crippen LogP contribution >= 0.6 is 0 Å². The number of rotatable bonds is 5. The average Bonchev–Trinajstić information content (AvgIpc) is 2.76. The molecule has 0 spiro atoms. The molecule has 0 aliphatic carbocycles. The van der Waals surface area contributed by atoms with Gasteiger partial charge in [-0.2, -0.15) is 5.10 Å². The van der Waals surface area contributed by atoms with Gasteiger partial charge < -0.3 is 10.2 Å². The number of nitrogens with zero attached hydrogens (tertiary/aromatic N) is 2. The molecule has 2 unspecified atom stereocenters. The Morgan fingerprint density at radius 2 is 1.89 bits per heavy atom. The van der Waals surface area contributed by atoms with Gasteiger partial charge in [0.1, 0.15) is 0 Å². The van der Waals surface area contributed by atoms with Crippen LogP contribution in [0.4, 0.5) is 0 Å². The zero-order valence-electron chi connectivity index (χ0n) is 11.7. The van der Waals surface area contributed by atoms with Gasteiger partial charge in [0.25, 0.3) is 0 Å². The number of para-hydroxylation sites is 1. The zero-order valence-corrected chi connectivity index (χ0v) is 11.7. The van der Waals surface area contributed by atoms with Gasteiger partial charge in [-0.05, 0) is 18.9 Å². The predicted octanol–water partition coefficient (Wildman–Crippen LogP) is 1.98. The third kappa shape index (κ3) is 2.80. The highest BCUT2D eigenvalue weighted by Gasteiger charge is 2.22. The van der Waals surface area contributed by atoms with Gasteiger partial charge in [0, 0.05) is 18.4 Å². The maximum Gasteiger partial charge on any atom is 0.0857 e. The molecule has 1 aromatic carbocycles. The molecule has 19 heavy (non-hydrogen) atoms. The van der Waals surface area contributed by atoms with Gasteiger partial charge in [0.2, 0.25) is 0 Å². The largest absolute Gasteiger partial charge is 0.390 e. The monoisotopic (exact) mass is 262 g/mol. The number of hydrogen-bond acceptors (Lipinski definition) is 3. The first-order valence-corrected chi connectivity index (χ1v) is 6.85. The van der Waals surface area contributed by atoms with Crippen LogP contribution < -0.4 is 0 Å². The molecule has 0 aliphatic rings. The topological polar surface area (TPSA) is 58.3 Å². The minimum absolute atomic E-state index is 0.0366. The molecule has 0 radical (unpaired) electrons. The van der Waals surface area contributed by atoms with Gasteiger partial charge in [0.05, 0.1) is 23.4 Å². The predicted molar refractivity (Wildman–Crippen MR) is 76.0 cm³/mol. The van der Waals surface area contributed by atoms with E-state index in [2.05, 4.69) is 5.10 Å². The van der Waals surface area contributed by atoms with Gasteiger partial charge in [-0.15, -0.1) is 0 Å². The lowest BCUT2D eigenvalue weighted by Crippen LogP contribution is -2.32. The number of aliphatic hydroxyl groups is 2. The summed E-state index contributed by atoms with van der Waals surface area (Å²) >= 11 is 0.